The molecule has 0 saturated heterocycles. The van der Waals surface area contributed by atoms with E-state index in [-0.39, 0.29) is 12.1 Å². The molecule has 0 aliphatic rings. The fourth-order valence-corrected chi connectivity index (χ4v) is 1.63. The first kappa shape index (κ1) is 13.5. The van der Waals surface area contributed by atoms with Crippen molar-refractivity contribution in [2.45, 2.75) is 26.8 Å². The van der Waals surface area contributed by atoms with Crippen LogP contribution in [0.2, 0.25) is 0 Å². The van der Waals surface area contributed by atoms with Crippen LogP contribution in [0.25, 0.3) is 0 Å². The molecule has 0 aromatic heterocycles. The molecule has 0 fully saturated rings. The Labute approximate surface area is 102 Å². The van der Waals surface area contributed by atoms with Crippen molar-refractivity contribution in [1.29, 1.82) is 0 Å². The van der Waals surface area contributed by atoms with Crippen molar-refractivity contribution in [2.24, 2.45) is 0 Å². The number of carbonyl (C=O) groups excluding carboxylic acids is 1. The molecule has 1 atom stereocenters. The number of anilines is 1. The number of nitrogens with one attached hydrogen (secondary N) is 2. The maximum Gasteiger partial charge on any atom is 0.319 e. The third kappa shape index (κ3) is 4.44. The summed E-state index contributed by atoms with van der Waals surface area (Å²) in [5.41, 5.74) is 3.07. The van der Waals surface area contributed by atoms with Crippen LogP contribution in [0.15, 0.2) is 18.2 Å². The predicted octanol–water partition coefficient (Wildman–Crippen LogP) is 2.46. The van der Waals surface area contributed by atoms with Gasteiger partial charge in [0, 0.05) is 12.8 Å². The highest BCUT2D eigenvalue weighted by atomic mass is 16.5. The third-order valence-corrected chi connectivity index (χ3v) is 2.42. The second-order valence-electron chi connectivity index (χ2n) is 4.27. The standard InChI is InChI=1S/C13H20N2O2/c1-9-5-6-12(10(2)7-9)15-13(16)14-11(3)8-17-4/h5-7,11H,8H2,1-4H3,(H2,14,15,16). The average Bonchev–Trinajstić information content (AvgIpc) is 2.22. The lowest BCUT2D eigenvalue weighted by Crippen LogP contribution is -2.38. The van der Waals surface area contributed by atoms with Crippen LogP contribution in [0.1, 0.15) is 18.1 Å². The van der Waals surface area contributed by atoms with Crippen molar-refractivity contribution >= 4 is 11.7 Å². The minimum absolute atomic E-state index is 0.00856. The third-order valence-electron chi connectivity index (χ3n) is 2.42. The number of benzene rings is 1. The Balaban J connectivity index is 2.56. The molecular weight excluding hydrogens is 216 g/mol. The van der Waals surface area contributed by atoms with Gasteiger partial charge in [-0.1, -0.05) is 17.7 Å². The van der Waals surface area contributed by atoms with Gasteiger partial charge < -0.3 is 15.4 Å². The Kier molecular flexibility index (Phi) is 4.97. The molecule has 0 aliphatic heterocycles. The first-order valence-corrected chi connectivity index (χ1v) is 5.66. The minimum atomic E-state index is -0.207. The fourth-order valence-electron chi connectivity index (χ4n) is 1.63. The van der Waals surface area contributed by atoms with Gasteiger partial charge in [0.25, 0.3) is 0 Å². The number of methoxy groups -OCH3 is 1. The Morgan fingerprint density at radius 2 is 2.12 bits per heavy atom. The van der Waals surface area contributed by atoms with Crippen molar-refractivity contribution in [2.75, 3.05) is 19.0 Å². The van der Waals surface area contributed by atoms with Gasteiger partial charge in [-0.05, 0) is 32.4 Å². The van der Waals surface area contributed by atoms with Crippen molar-refractivity contribution in [3.05, 3.63) is 29.3 Å². The highest BCUT2D eigenvalue weighted by Gasteiger charge is 2.08. The van der Waals surface area contributed by atoms with Crippen LogP contribution in [0.4, 0.5) is 10.5 Å². The van der Waals surface area contributed by atoms with Gasteiger partial charge in [-0.25, -0.2) is 4.79 Å². The summed E-state index contributed by atoms with van der Waals surface area (Å²) in [6.45, 7) is 6.39. The molecule has 94 valence electrons. The highest BCUT2D eigenvalue weighted by molar-refractivity contribution is 5.90. The molecule has 0 radical (unpaired) electrons. The summed E-state index contributed by atoms with van der Waals surface area (Å²) < 4.78 is 4.95. The average molecular weight is 236 g/mol. The van der Waals surface area contributed by atoms with Crippen molar-refractivity contribution < 1.29 is 9.53 Å². The van der Waals surface area contributed by atoms with E-state index in [0.29, 0.717) is 6.61 Å². The molecule has 4 nitrogen and oxygen atoms in total. The molecule has 1 aromatic carbocycles. The summed E-state index contributed by atoms with van der Waals surface area (Å²) in [6, 6.07) is 5.70. The normalized spacial score (nSPS) is 12.0. The van der Waals surface area contributed by atoms with Gasteiger partial charge in [0.1, 0.15) is 0 Å². The SMILES string of the molecule is COCC(C)NC(=O)Nc1ccc(C)cc1C. The van der Waals surface area contributed by atoms with E-state index in [4.69, 9.17) is 4.74 Å². The second kappa shape index (κ2) is 6.25. The smallest absolute Gasteiger partial charge is 0.319 e. The number of rotatable bonds is 4. The number of hydrogen-bond acceptors (Lipinski definition) is 2. The minimum Gasteiger partial charge on any atom is -0.383 e. The first-order valence-electron chi connectivity index (χ1n) is 5.66. The van der Waals surface area contributed by atoms with Gasteiger partial charge in [-0.15, -0.1) is 0 Å². The molecule has 0 bridgehead atoms. The van der Waals surface area contributed by atoms with Crippen LogP contribution in [0.5, 0.6) is 0 Å². The molecule has 4 heteroatoms. The zero-order chi connectivity index (χ0) is 12.8. The maximum atomic E-state index is 11.7. The number of urea groups is 1. The van der Waals surface area contributed by atoms with E-state index in [2.05, 4.69) is 10.6 Å². The molecule has 2 N–H and O–H groups in total. The predicted molar refractivity (Wildman–Crippen MR) is 69.4 cm³/mol. The Morgan fingerprint density at radius 3 is 2.71 bits per heavy atom. The van der Waals surface area contributed by atoms with E-state index in [1.807, 2.05) is 39.0 Å². The molecule has 1 unspecified atom stereocenters. The van der Waals surface area contributed by atoms with Gasteiger partial charge >= 0.3 is 6.03 Å². The monoisotopic (exact) mass is 236 g/mol. The second-order valence-corrected chi connectivity index (χ2v) is 4.27. The van der Waals surface area contributed by atoms with Crippen LogP contribution >= 0.6 is 0 Å². The Morgan fingerprint density at radius 1 is 1.41 bits per heavy atom. The number of carbonyl (C=O) groups is 1. The van der Waals surface area contributed by atoms with E-state index in [9.17, 15) is 4.79 Å². The molecule has 0 aliphatic carbocycles. The van der Waals surface area contributed by atoms with E-state index < -0.39 is 0 Å². The molecule has 2 amide bonds. The van der Waals surface area contributed by atoms with E-state index >= 15 is 0 Å². The van der Waals surface area contributed by atoms with Gasteiger partial charge in [-0.3, -0.25) is 0 Å². The molecule has 1 rings (SSSR count). The van der Waals surface area contributed by atoms with Crippen LogP contribution in [-0.2, 0) is 4.74 Å². The fraction of sp³-hybridized carbons (Fsp3) is 0.462. The molecule has 0 saturated carbocycles. The van der Waals surface area contributed by atoms with Crippen LogP contribution < -0.4 is 10.6 Å². The maximum absolute atomic E-state index is 11.7. The van der Waals surface area contributed by atoms with Crippen LogP contribution in [-0.4, -0.2) is 25.8 Å². The number of ether oxygens (including phenoxy) is 1. The lowest BCUT2D eigenvalue weighted by molar-refractivity contribution is 0.173. The lowest BCUT2D eigenvalue weighted by atomic mass is 10.1. The molecule has 1 aromatic rings. The summed E-state index contributed by atoms with van der Waals surface area (Å²) in [5.74, 6) is 0. The van der Waals surface area contributed by atoms with Crippen molar-refractivity contribution in [1.82, 2.24) is 5.32 Å². The summed E-state index contributed by atoms with van der Waals surface area (Å²) in [5, 5.41) is 5.62. The van der Waals surface area contributed by atoms with Crippen LogP contribution in [0, 0.1) is 13.8 Å². The van der Waals surface area contributed by atoms with Crippen molar-refractivity contribution in [3.63, 3.8) is 0 Å². The van der Waals surface area contributed by atoms with Gasteiger partial charge in [0.15, 0.2) is 0 Å². The molecular formula is C13H20N2O2. The summed E-state index contributed by atoms with van der Waals surface area (Å²) in [6.07, 6.45) is 0. The number of amides is 2. The topological polar surface area (TPSA) is 50.4 Å². The number of hydrogen-bond donors (Lipinski definition) is 2. The van der Waals surface area contributed by atoms with Gasteiger partial charge in [-0.2, -0.15) is 0 Å². The van der Waals surface area contributed by atoms with E-state index in [1.54, 1.807) is 7.11 Å². The molecule has 0 spiro atoms. The van der Waals surface area contributed by atoms with Crippen molar-refractivity contribution in [3.8, 4) is 0 Å². The highest BCUT2D eigenvalue weighted by Crippen LogP contribution is 2.15. The van der Waals surface area contributed by atoms with Gasteiger partial charge in [0.05, 0.1) is 12.6 Å². The lowest BCUT2D eigenvalue weighted by Gasteiger charge is -2.14. The summed E-state index contributed by atoms with van der Waals surface area (Å²) in [7, 11) is 1.61. The largest absolute Gasteiger partial charge is 0.383 e. The van der Waals surface area contributed by atoms with E-state index in [0.717, 1.165) is 11.3 Å². The Bertz CT molecular complexity index is 391. The summed E-state index contributed by atoms with van der Waals surface area (Å²) >= 11 is 0. The van der Waals surface area contributed by atoms with E-state index in [1.165, 1.54) is 5.56 Å². The first-order chi connectivity index (χ1) is 8.02. The number of aryl methyl sites for hydroxylation is 2. The molecule has 17 heavy (non-hydrogen) atoms. The zero-order valence-corrected chi connectivity index (χ0v) is 10.8. The van der Waals surface area contributed by atoms with Gasteiger partial charge in [0.2, 0.25) is 0 Å². The summed E-state index contributed by atoms with van der Waals surface area (Å²) in [4.78, 5) is 11.7. The molecule has 0 heterocycles. The van der Waals surface area contributed by atoms with Crippen LogP contribution in [0.3, 0.4) is 0 Å². The quantitative estimate of drug-likeness (QED) is 0.843. The Hall–Kier alpha value is -1.55. The zero-order valence-electron chi connectivity index (χ0n) is 10.8.